The number of nitrogens with two attached hydrogens (primary N) is 1. The van der Waals surface area contributed by atoms with Crippen LogP contribution in [0.15, 0.2) is 48.8 Å². The van der Waals surface area contributed by atoms with E-state index in [0.29, 0.717) is 22.7 Å². The average Bonchev–Trinajstić information content (AvgIpc) is 3.18. The van der Waals surface area contributed by atoms with Gasteiger partial charge in [-0.1, -0.05) is 0 Å². The van der Waals surface area contributed by atoms with Gasteiger partial charge in [-0.05, 0) is 56.3 Å². The summed E-state index contributed by atoms with van der Waals surface area (Å²) in [6.07, 6.45) is -2.69. The topological polar surface area (TPSA) is 121 Å². The molecule has 0 saturated heterocycles. The van der Waals surface area contributed by atoms with Crippen LogP contribution in [0.2, 0.25) is 0 Å². The van der Waals surface area contributed by atoms with Crippen molar-refractivity contribution in [2.24, 2.45) is 5.73 Å². The van der Waals surface area contributed by atoms with Crippen LogP contribution in [-0.4, -0.2) is 43.2 Å². The Labute approximate surface area is 181 Å². The van der Waals surface area contributed by atoms with Crippen LogP contribution in [0.1, 0.15) is 23.0 Å². The van der Waals surface area contributed by atoms with Crippen LogP contribution in [-0.2, 0) is 0 Å². The molecule has 0 aliphatic heterocycles. The molecule has 0 aliphatic carbocycles. The number of ether oxygens (including phenoxy) is 1. The minimum absolute atomic E-state index is 0.0917. The second-order valence-electron chi connectivity index (χ2n) is 7.05. The number of carbonyl (C=O) groups excluding carboxylic acids is 1. The van der Waals surface area contributed by atoms with Gasteiger partial charge in [-0.2, -0.15) is 10.1 Å². The molecule has 3 aromatic heterocycles. The smallest absolute Gasteiger partial charge is 0.274 e. The third kappa shape index (κ3) is 4.31. The zero-order chi connectivity index (χ0) is 22.8. The van der Waals surface area contributed by atoms with Crippen LogP contribution < -0.4 is 15.8 Å². The number of anilines is 2. The van der Waals surface area contributed by atoms with Crippen molar-refractivity contribution in [1.29, 1.82) is 0 Å². The van der Waals surface area contributed by atoms with Crippen molar-refractivity contribution in [3.05, 3.63) is 60.0 Å². The standard InChI is InChI=1S/C21H19F2N7O2/c1-11-3-7-17(29-28-11)26-13-4-6-15-16(9-13)30(10-25-15)18-8-5-14(20(24)31)21(27-18)32-12(2)19(22)23/h3-10,12,19H,1-2H3,(H2,24,31)(H,26,29). The maximum Gasteiger partial charge on any atom is 0.274 e. The van der Waals surface area contributed by atoms with Crippen LogP contribution in [0.4, 0.5) is 20.3 Å². The molecule has 11 heteroatoms. The van der Waals surface area contributed by atoms with Gasteiger partial charge in [0, 0.05) is 5.69 Å². The molecule has 4 aromatic rings. The molecule has 0 aliphatic rings. The Morgan fingerprint density at radius 2 is 1.97 bits per heavy atom. The highest BCUT2D eigenvalue weighted by Gasteiger charge is 2.21. The van der Waals surface area contributed by atoms with Gasteiger partial charge in [0.25, 0.3) is 12.3 Å². The molecule has 0 spiro atoms. The third-order valence-corrected chi connectivity index (χ3v) is 4.63. The highest BCUT2D eigenvalue weighted by Crippen LogP contribution is 2.26. The molecule has 1 aromatic carbocycles. The quantitative estimate of drug-likeness (QED) is 0.453. The van der Waals surface area contributed by atoms with Crippen molar-refractivity contribution >= 4 is 28.4 Å². The van der Waals surface area contributed by atoms with Gasteiger partial charge in [0.15, 0.2) is 11.9 Å². The number of carbonyl (C=O) groups is 1. The molecule has 3 heterocycles. The predicted octanol–water partition coefficient (Wildman–Crippen LogP) is 3.39. The van der Waals surface area contributed by atoms with Crippen LogP contribution in [0, 0.1) is 6.92 Å². The molecular weight excluding hydrogens is 420 g/mol. The van der Waals surface area contributed by atoms with E-state index in [2.05, 4.69) is 25.5 Å². The van der Waals surface area contributed by atoms with Gasteiger partial charge in [-0.15, -0.1) is 5.10 Å². The Bertz CT molecular complexity index is 1280. The van der Waals surface area contributed by atoms with Crippen molar-refractivity contribution in [1.82, 2.24) is 24.7 Å². The van der Waals surface area contributed by atoms with E-state index in [9.17, 15) is 13.6 Å². The molecule has 0 fully saturated rings. The van der Waals surface area contributed by atoms with E-state index in [4.69, 9.17) is 10.5 Å². The highest BCUT2D eigenvalue weighted by atomic mass is 19.3. The fraction of sp³-hybridized carbons (Fsp3) is 0.190. The lowest BCUT2D eigenvalue weighted by Gasteiger charge is -2.16. The van der Waals surface area contributed by atoms with Gasteiger partial charge in [-0.25, -0.2) is 13.8 Å². The minimum Gasteiger partial charge on any atom is -0.468 e. The van der Waals surface area contributed by atoms with Crippen molar-refractivity contribution < 1.29 is 18.3 Å². The van der Waals surface area contributed by atoms with Gasteiger partial charge in [0.05, 0.1) is 16.7 Å². The predicted molar refractivity (Wildman–Crippen MR) is 114 cm³/mol. The number of primary amides is 1. The number of hydrogen-bond donors (Lipinski definition) is 2. The molecule has 164 valence electrons. The zero-order valence-electron chi connectivity index (χ0n) is 17.2. The Morgan fingerprint density at radius 1 is 1.16 bits per heavy atom. The summed E-state index contributed by atoms with van der Waals surface area (Å²) < 4.78 is 32.8. The molecule has 1 atom stereocenters. The Kier molecular flexibility index (Phi) is 5.63. The summed E-state index contributed by atoms with van der Waals surface area (Å²) in [4.78, 5) is 20.3. The fourth-order valence-electron chi connectivity index (χ4n) is 2.95. The number of fused-ring (bicyclic) bond motifs is 1. The van der Waals surface area contributed by atoms with Crippen molar-refractivity contribution in [2.45, 2.75) is 26.4 Å². The number of hydrogen-bond acceptors (Lipinski definition) is 7. The van der Waals surface area contributed by atoms with E-state index >= 15 is 0 Å². The summed E-state index contributed by atoms with van der Waals surface area (Å²) in [6, 6.07) is 12.0. The van der Waals surface area contributed by atoms with Gasteiger partial charge in [-0.3, -0.25) is 9.36 Å². The largest absolute Gasteiger partial charge is 0.468 e. The molecule has 4 rings (SSSR count). The van der Waals surface area contributed by atoms with Gasteiger partial charge >= 0.3 is 0 Å². The molecule has 3 N–H and O–H groups in total. The highest BCUT2D eigenvalue weighted by molar-refractivity contribution is 5.95. The van der Waals surface area contributed by atoms with Crippen LogP contribution in [0.3, 0.4) is 0 Å². The Hall–Kier alpha value is -4.15. The number of benzene rings is 1. The second kappa shape index (κ2) is 8.53. The molecule has 1 amide bonds. The maximum atomic E-state index is 13.0. The first kappa shape index (κ1) is 21.1. The molecule has 32 heavy (non-hydrogen) atoms. The van der Waals surface area contributed by atoms with E-state index in [0.717, 1.165) is 11.4 Å². The summed E-state index contributed by atoms with van der Waals surface area (Å²) in [6.45, 7) is 3.03. The Balaban J connectivity index is 1.72. The van der Waals surface area contributed by atoms with Gasteiger partial charge < -0.3 is 15.8 Å². The monoisotopic (exact) mass is 439 g/mol. The average molecular weight is 439 g/mol. The lowest BCUT2D eigenvalue weighted by Crippen LogP contribution is -2.24. The van der Waals surface area contributed by atoms with E-state index in [1.165, 1.54) is 25.4 Å². The van der Waals surface area contributed by atoms with Crippen LogP contribution in [0.25, 0.3) is 16.9 Å². The number of aromatic nitrogens is 5. The molecule has 0 saturated carbocycles. The molecule has 0 radical (unpaired) electrons. The van der Waals surface area contributed by atoms with Crippen molar-refractivity contribution in [3.63, 3.8) is 0 Å². The number of nitrogens with zero attached hydrogens (tertiary/aromatic N) is 5. The summed E-state index contributed by atoms with van der Waals surface area (Å²) in [5.74, 6) is -0.210. The minimum atomic E-state index is -2.76. The second-order valence-corrected chi connectivity index (χ2v) is 7.05. The van der Waals surface area contributed by atoms with Crippen LogP contribution in [0.5, 0.6) is 5.88 Å². The van der Waals surface area contributed by atoms with Crippen molar-refractivity contribution in [2.75, 3.05) is 5.32 Å². The number of halogens is 2. The number of rotatable bonds is 7. The lowest BCUT2D eigenvalue weighted by molar-refractivity contribution is 0.0196. The van der Waals surface area contributed by atoms with E-state index in [1.54, 1.807) is 4.57 Å². The zero-order valence-corrected chi connectivity index (χ0v) is 17.2. The normalized spacial score (nSPS) is 12.2. The summed E-state index contributed by atoms with van der Waals surface area (Å²) in [5, 5.41) is 11.3. The summed E-state index contributed by atoms with van der Waals surface area (Å²) >= 11 is 0. The number of amides is 1. The third-order valence-electron chi connectivity index (χ3n) is 4.63. The number of aryl methyl sites for hydroxylation is 1. The maximum absolute atomic E-state index is 13.0. The summed E-state index contributed by atoms with van der Waals surface area (Å²) in [5.41, 5.74) is 8.14. The molecule has 9 nitrogen and oxygen atoms in total. The number of imidazole rings is 1. The fourth-order valence-corrected chi connectivity index (χ4v) is 2.95. The van der Waals surface area contributed by atoms with Gasteiger partial charge in [0.2, 0.25) is 5.88 Å². The first-order chi connectivity index (χ1) is 15.3. The number of alkyl halides is 2. The first-order valence-electron chi connectivity index (χ1n) is 9.62. The molecule has 0 bridgehead atoms. The Morgan fingerprint density at radius 3 is 2.66 bits per heavy atom. The number of pyridine rings is 1. The molecular formula is C21H19F2N7O2. The molecule has 1 unspecified atom stereocenters. The summed E-state index contributed by atoms with van der Waals surface area (Å²) in [7, 11) is 0. The SMILES string of the molecule is Cc1ccc(Nc2ccc3ncn(-c4ccc(C(N)=O)c(OC(C)C(F)F)n4)c3c2)nn1. The van der Waals surface area contributed by atoms with Crippen molar-refractivity contribution in [3.8, 4) is 11.7 Å². The van der Waals surface area contributed by atoms with E-state index < -0.39 is 18.4 Å². The van der Waals surface area contributed by atoms with E-state index in [-0.39, 0.29) is 11.4 Å². The first-order valence-corrected chi connectivity index (χ1v) is 9.62. The van der Waals surface area contributed by atoms with Gasteiger partial charge in [0.1, 0.15) is 17.7 Å². The van der Waals surface area contributed by atoms with E-state index in [1.807, 2.05) is 37.3 Å². The van der Waals surface area contributed by atoms with Crippen LogP contribution >= 0.6 is 0 Å². The number of nitrogens with one attached hydrogen (secondary N) is 1. The lowest BCUT2D eigenvalue weighted by atomic mass is 10.2.